The van der Waals surface area contributed by atoms with Gasteiger partial charge in [-0.15, -0.1) is 0 Å². The van der Waals surface area contributed by atoms with Crippen molar-refractivity contribution in [3.63, 3.8) is 0 Å². The molecule has 1 atom stereocenters. The van der Waals surface area contributed by atoms with Crippen molar-refractivity contribution in [1.82, 2.24) is 0 Å². The normalized spacial score (nSPS) is 35.6. The highest BCUT2D eigenvalue weighted by Crippen LogP contribution is 2.57. The van der Waals surface area contributed by atoms with Crippen LogP contribution < -0.4 is 0 Å². The van der Waals surface area contributed by atoms with E-state index in [1.807, 2.05) is 0 Å². The van der Waals surface area contributed by atoms with Crippen LogP contribution in [0.4, 0.5) is 0 Å². The highest BCUT2D eigenvalue weighted by molar-refractivity contribution is 4.97. The molecule has 1 saturated carbocycles. The van der Waals surface area contributed by atoms with Crippen molar-refractivity contribution in [2.24, 2.45) is 16.2 Å². The summed E-state index contributed by atoms with van der Waals surface area (Å²) in [7, 11) is 0. The first-order chi connectivity index (χ1) is 6.22. The minimum atomic E-state index is 0.519. The zero-order chi connectivity index (χ0) is 11.0. The van der Waals surface area contributed by atoms with Crippen molar-refractivity contribution in [3.8, 4) is 0 Å². The van der Waals surface area contributed by atoms with E-state index in [-0.39, 0.29) is 0 Å². The Labute approximate surface area is 90.5 Å². The van der Waals surface area contributed by atoms with Gasteiger partial charge in [-0.05, 0) is 41.9 Å². The fraction of sp³-hybridized carbons (Fsp3) is 1.00. The molecule has 14 heavy (non-hydrogen) atoms. The van der Waals surface area contributed by atoms with Crippen molar-refractivity contribution < 1.29 is 0 Å². The lowest BCUT2D eigenvalue weighted by Gasteiger charge is -2.54. The molecule has 0 heterocycles. The third-order valence-corrected chi connectivity index (χ3v) is 4.71. The maximum absolute atomic E-state index is 2.51. The summed E-state index contributed by atoms with van der Waals surface area (Å²) in [4.78, 5) is 0. The van der Waals surface area contributed by atoms with Gasteiger partial charge in [0.15, 0.2) is 0 Å². The Hall–Kier alpha value is 0. The Morgan fingerprint density at radius 3 is 1.93 bits per heavy atom. The van der Waals surface area contributed by atoms with Gasteiger partial charge in [0, 0.05) is 0 Å². The molecule has 1 unspecified atom stereocenters. The van der Waals surface area contributed by atoms with Gasteiger partial charge in [0.25, 0.3) is 0 Å². The van der Waals surface area contributed by atoms with Crippen molar-refractivity contribution in [2.45, 2.75) is 73.6 Å². The summed E-state index contributed by atoms with van der Waals surface area (Å²) in [6, 6.07) is 0. The zero-order valence-corrected chi connectivity index (χ0v) is 11.0. The zero-order valence-electron chi connectivity index (χ0n) is 11.0. The Balaban J connectivity index is 2.82. The van der Waals surface area contributed by atoms with Crippen LogP contribution in [-0.4, -0.2) is 0 Å². The molecule has 0 aromatic heterocycles. The summed E-state index contributed by atoms with van der Waals surface area (Å²) in [5, 5.41) is 0. The first-order valence-electron chi connectivity index (χ1n) is 6.22. The molecule has 1 fully saturated rings. The SMILES string of the molecule is CCCC1(C)CCC(C)(C)CC1(C)C. The first-order valence-corrected chi connectivity index (χ1v) is 6.22. The lowest BCUT2D eigenvalue weighted by molar-refractivity contribution is -0.0327. The van der Waals surface area contributed by atoms with Crippen LogP contribution >= 0.6 is 0 Å². The topological polar surface area (TPSA) is 0 Å². The van der Waals surface area contributed by atoms with E-state index in [0.29, 0.717) is 16.2 Å². The minimum Gasteiger partial charge on any atom is -0.0654 e. The summed E-state index contributed by atoms with van der Waals surface area (Å²) in [6.45, 7) is 14.6. The molecule has 0 bridgehead atoms. The molecule has 84 valence electrons. The smallest absolute Gasteiger partial charge is 0.0274 e. The molecule has 0 amide bonds. The minimum absolute atomic E-state index is 0.519. The maximum Gasteiger partial charge on any atom is -0.0274 e. The standard InChI is InChI=1S/C14H28/c1-7-8-14(6)10-9-12(2,3)11-13(14,4)5/h7-11H2,1-6H3. The molecule has 0 aromatic carbocycles. The van der Waals surface area contributed by atoms with Crippen LogP contribution in [0, 0.1) is 16.2 Å². The monoisotopic (exact) mass is 196 g/mol. The van der Waals surface area contributed by atoms with Crippen LogP contribution in [-0.2, 0) is 0 Å². The van der Waals surface area contributed by atoms with Gasteiger partial charge in [-0.2, -0.15) is 0 Å². The molecule has 0 nitrogen and oxygen atoms in total. The Morgan fingerprint density at radius 2 is 1.50 bits per heavy atom. The van der Waals surface area contributed by atoms with Gasteiger partial charge in [0.05, 0.1) is 0 Å². The van der Waals surface area contributed by atoms with Crippen molar-refractivity contribution in [3.05, 3.63) is 0 Å². The van der Waals surface area contributed by atoms with E-state index in [4.69, 9.17) is 0 Å². The van der Waals surface area contributed by atoms with Gasteiger partial charge >= 0.3 is 0 Å². The predicted molar refractivity (Wildman–Crippen MR) is 64.4 cm³/mol. The highest BCUT2D eigenvalue weighted by Gasteiger charge is 2.47. The fourth-order valence-corrected chi connectivity index (χ4v) is 3.47. The average Bonchev–Trinajstić information content (AvgIpc) is 1.97. The van der Waals surface area contributed by atoms with Gasteiger partial charge in [0.2, 0.25) is 0 Å². The van der Waals surface area contributed by atoms with Crippen LogP contribution in [0.3, 0.4) is 0 Å². The van der Waals surface area contributed by atoms with E-state index in [1.165, 1.54) is 32.1 Å². The summed E-state index contributed by atoms with van der Waals surface area (Å²) < 4.78 is 0. The second-order valence-corrected chi connectivity index (χ2v) is 7.04. The second-order valence-electron chi connectivity index (χ2n) is 7.04. The molecule has 0 aromatic rings. The van der Waals surface area contributed by atoms with E-state index < -0.39 is 0 Å². The summed E-state index contributed by atoms with van der Waals surface area (Å²) in [6.07, 6.45) is 6.95. The maximum atomic E-state index is 2.51. The van der Waals surface area contributed by atoms with E-state index in [9.17, 15) is 0 Å². The van der Waals surface area contributed by atoms with Crippen LogP contribution in [0.1, 0.15) is 73.6 Å². The van der Waals surface area contributed by atoms with Crippen LogP contribution in [0.25, 0.3) is 0 Å². The molecule has 1 aliphatic rings. The molecule has 0 spiro atoms. The van der Waals surface area contributed by atoms with Gasteiger partial charge in [-0.3, -0.25) is 0 Å². The van der Waals surface area contributed by atoms with Gasteiger partial charge < -0.3 is 0 Å². The Bertz CT molecular complexity index is 200. The van der Waals surface area contributed by atoms with Gasteiger partial charge in [-0.25, -0.2) is 0 Å². The van der Waals surface area contributed by atoms with E-state index in [2.05, 4.69) is 41.5 Å². The molecular formula is C14H28. The van der Waals surface area contributed by atoms with Crippen molar-refractivity contribution >= 4 is 0 Å². The Kier molecular flexibility index (Phi) is 3.05. The molecule has 0 saturated heterocycles. The third-order valence-electron chi connectivity index (χ3n) is 4.71. The lowest BCUT2D eigenvalue weighted by Crippen LogP contribution is -2.43. The molecule has 0 aliphatic heterocycles. The largest absolute Gasteiger partial charge is 0.0654 e. The van der Waals surface area contributed by atoms with Gasteiger partial charge in [0.1, 0.15) is 0 Å². The molecular weight excluding hydrogens is 168 g/mol. The van der Waals surface area contributed by atoms with E-state index in [0.717, 1.165) is 0 Å². The van der Waals surface area contributed by atoms with Crippen LogP contribution in [0.15, 0.2) is 0 Å². The van der Waals surface area contributed by atoms with Crippen molar-refractivity contribution in [1.29, 1.82) is 0 Å². The van der Waals surface area contributed by atoms with Crippen LogP contribution in [0.5, 0.6) is 0 Å². The van der Waals surface area contributed by atoms with Gasteiger partial charge in [-0.1, -0.05) is 48.0 Å². The highest BCUT2D eigenvalue weighted by atomic mass is 14.5. The second kappa shape index (κ2) is 3.54. The van der Waals surface area contributed by atoms with E-state index in [1.54, 1.807) is 0 Å². The molecule has 0 heteroatoms. The molecule has 1 rings (SSSR count). The van der Waals surface area contributed by atoms with Crippen molar-refractivity contribution in [2.75, 3.05) is 0 Å². The molecule has 0 N–H and O–H groups in total. The lowest BCUT2D eigenvalue weighted by atomic mass is 9.51. The third kappa shape index (κ3) is 2.15. The summed E-state index contributed by atoms with van der Waals surface area (Å²) >= 11 is 0. The Morgan fingerprint density at radius 1 is 0.929 bits per heavy atom. The molecule has 0 radical (unpaired) electrons. The molecule has 1 aliphatic carbocycles. The summed E-state index contributed by atoms with van der Waals surface area (Å²) in [5.41, 5.74) is 1.67. The number of hydrogen-bond donors (Lipinski definition) is 0. The number of rotatable bonds is 2. The quantitative estimate of drug-likeness (QED) is 0.581. The number of hydrogen-bond acceptors (Lipinski definition) is 0. The van der Waals surface area contributed by atoms with E-state index >= 15 is 0 Å². The predicted octanol–water partition coefficient (Wildman–Crippen LogP) is 5.03. The average molecular weight is 196 g/mol. The summed E-state index contributed by atoms with van der Waals surface area (Å²) in [5.74, 6) is 0. The first kappa shape index (κ1) is 12.1. The fourth-order valence-electron chi connectivity index (χ4n) is 3.47. The van der Waals surface area contributed by atoms with Crippen LogP contribution in [0.2, 0.25) is 0 Å².